The van der Waals surface area contributed by atoms with Crippen molar-refractivity contribution in [3.05, 3.63) is 71.7 Å². The molecular formula is C19H27NP+. The van der Waals surface area contributed by atoms with Crippen LogP contribution in [0, 0.1) is 0 Å². The summed E-state index contributed by atoms with van der Waals surface area (Å²) in [7, 11) is -0.929. The Morgan fingerprint density at radius 2 is 2.10 bits per heavy atom. The Labute approximate surface area is 130 Å². The van der Waals surface area contributed by atoms with Crippen molar-refractivity contribution in [3.63, 3.8) is 0 Å². The molecule has 0 saturated carbocycles. The van der Waals surface area contributed by atoms with E-state index in [0.717, 1.165) is 12.1 Å². The van der Waals surface area contributed by atoms with Gasteiger partial charge < -0.3 is 5.32 Å². The minimum Gasteiger partial charge on any atom is -0.372 e. The highest BCUT2D eigenvalue weighted by Crippen LogP contribution is 2.71. The van der Waals surface area contributed by atoms with E-state index in [1.807, 2.05) is 6.08 Å². The maximum absolute atomic E-state index is 4.06. The molecule has 1 aliphatic rings. The van der Waals surface area contributed by atoms with Crippen LogP contribution in [0.1, 0.15) is 31.0 Å². The van der Waals surface area contributed by atoms with Crippen molar-refractivity contribution < 1.29 is 0 Å². The summed E-state index contributed by atoms with van der Waals surface area (Å²) in [4.78, 5) is 0. The molecule has 112 valence electrons. The zero-order valence-electron chi connectivity index (χ0n) is 13.5. The van der Waals surface area contributed by atoms with Crippen molar-refractivity contribution in [1.29, 1.82) is 0 Å². The molecule has 0 saturated heterocycles. The summed E-state index contributed by atoms with van der Waals surface area (Å²) >= 11 is 0. The van der Waals surface area contributed by atoms with Gasteiger partial charge in [0.2, 0.25) is 0 Å². The summed E-state index contributed by atoms with van der Waals surface area (Å²) in [5.74, 6) is 0. The van der Waals surface area contributed by atoms with Crippen molar-refractivity contribution in [2.45, 2.75) is 26.3 Å². The normalized spacial score (nSPS) is 22.0. The van der Waals surface area contributed by atoms with Crippen LogP contribution in [0.5, 0.6) is 0 Å². The van der Waals surface area contributed by atoms with Crippen LogP contribution >= 0.6 is 7.26 Å². The molecule has 0 aliphatic carbocycles. The van der Waals surface area contributed by atoms with Gasteiger partial charge in [-0.3, -0.25) is 0 Å². The molecule has 1 N–H and O–H groups in total. The third kappa shape index (κ3) is 3.14. The first-order chi connectivity index (χ1) is 10.1. The van der Waals surface area contributed by atoms with E-state index in [4.69, 9.17) is 0 Å². The number of hydrogen-bond donors (Lipinski definition) is 1. The standard InChI is InChI=1S/C19H27NP/c1-6-15(4)20-19(18-13-14-21(18,5)8-3)17-12-10-9-11-16(17)7-2/h6,9-13,19-20H,1,4,7-8,14H2,2-3,5H3/q+1. The van der Waals surface area contributed by atoms with Crippen LogP contribution in [0.2, 0.25) is 0 Å². The minimum absolute atomic E-state index is 0.263. The molecule has 0 spiro atoms. The zero-order valence-corrected chi connectivity index (χ0v) is 14.4. The Kier molecular flexibility index (Phi) is 5.06. The smallest absolute Gasteiger partial charge is 0.109 e. The van der Waals surface area contributed by atoms with Crippen molar-refractivity contribution in [3.8, 4) is 0 Å². The Morgan fingerprint density at radius 1 is 1.38 bits per heavy atom. The SMILES string of the molecule is C=CC(=C)NC(C1=CC[P+]1(C)CC)c1ccccc1CC. The van der Waals surface area contributed by atoms with Crippen LogP contribution in [-0.4, -0.2) is 19.0 Å². The fourth-order valence-corrected chi connectivity index (χ4v) is 5.41. The van der Waals surface area contributed by atoms with E-state index < -0.39 is 7.26 Å². The van der Waals surface area contributed by atoms with Gasteiger partial charge in [-0.2, -0.15) is 0 Å². The van der Waals surface area contributed by atoms with Crippen LogP contribution < -0.4 is 5.32 Å². The van der Waals surface area contributed by atoms with E-state index in [0.29, 0.717) is 0 Å². The molecule has 0 fully saturated rings. The molecule has 1 aromatic rings. The van der Waals surface area contributed by atoms with Crippen molar-refractivity contribution in [1.82, 2.24) is 5.32 Å². The Bertz CT molecular complexity index is 573. The number of nitrogens with one attached hydrogen (secondary N) is 1. The molecular weight excluding hydrogens is 273 g/mol. The molecule has 1 aliphatic heterocycles. The van der Waals surface area contributed by atoms with Gasteiger partial charge in [-0.05, 0) is 36.6 Å². The Hall–Kier alpha value is -1.33. The van der Waals surface area contributed by atoms with Crippen molar-refractivity contribution in [2.24, 2.45) is 0 Å². The molecule has 0 radical (unpaired) electrons. The summed E-state index contributed by atoms with van der Waals surface area (Å²) in [6.07, 6.45) is 7.86. The predicted octanol–water partition coefficient (Wildman–Crippen LogP) is 5.14. The highest BCUT2D eigenvalue weighted by Gasteiger charge is 2.46. The van der Waals surface area contributed by atoms with E-state index >= 15 is 0 Å². The molecule has 0 amide bonds. The number of aryl methyl sites for hydroxylation is 1. The van der Waals surface area contributed by atoms with Gasteiger partial charge >= 0.3 is 0 Å². The second kappa shape index (κ2) is 6.62. The maximum atomic E-state index is 4.06. The van der Waals surface area contributed by atoms with E-state index in [9.17, 15) is 0 Å². The van der Waals surface area contributed by atoms with Crippen molar-refractivity contribution in [2.75, 3.05) is 19.0 Å². The van der Waals surface area contributed by atoms with Crippen LogP contribution in [0.25, 0.3) is 0 Å². The summed E-state index contributed by atoms with van der Waals surface area (Å²) < 4.78 is 0. The topological polar surface area (TPSA) is 12.0 Å². The third-order valence-corrected chi connectivity index (χ3v) is 8.72. The number of hydrogen-bond acceptors (Lipinski definition) is 1. The first-order valence-corrected chi connectivity index (χ1v) is 10.4. The largest absolute Gasteiger partial charge is 0.372 e. The van der Waals surface area contributed by atoms with E-state index in [1.165, 1.54) is 23.5 Å². The lowest BCUT2D eigenvalue weighted by Crippen LogP contribution is -2.28. The number of benzene rings is 1. The zero-order chi connectivity index (χ0) is 15.5. The number of allylic oxidation sites excluding steroid dienone is 2. The molecule has 0 bridgehead atoms. The Morgan fingerprint density at radius 3 is 2.62 bits per heavy atom. The summed E-state index contributed by atoms with van der Waals surface area (Å²) in [6, 6.07) is 9.03. The first-order valence-electron chi connectivity index (χ1n) is 7.76. The molecule has 1 nitrogen and oxygen atoms in total. The quantitative estimate of drug-likeness (QED) is 0.543. The van der Waals surface area contributed by atoms with Gasteiger partial charge in [0.05, 0.1) is 24.3 Å². The van der Waals surface area contributed by atoms with Gasteiger partial charge in [0, 0.05) is 13.0 Å². The van der Waals surface area contributed by atoms with Gasteiger partial charge in [0.15, 0.2) is 0 Å². The van der Waals surface area contributed by atoms with Crippen LogP contribution in [0.4, 0.5) is 0 Å². The van der Waals surface area contributed by atoms with Gasteiger partial charge in [0.25, 0.3) is 0 Å². The van der Waals surface area contributed by atoms with Gasteiger partial charge in [0.1, 0.15) is 6.04 Å². The molecule has 2 unspecified atom stereocenters. The fourth-order valence-electron chi connectivity index (χ4n) is 2.94. The van der Waals surface area contributed by atoms with Gasteiger partial charge in [-0.1, -0.05) is 44.3 Å². The average molecular weight is 300 g/mol. The second-order valence-electron chi connectivity index (χ2n) is 5.88. The van der Waals surface area contributed by atoms with Crippen LogP contribution in [0.3, 0.4) is 0 Å². The highest BCUT2D eigenvalue weighted by molar-refractivity contribution is 7.80. The monoisotopic (exact) mass is 300 g/mol. The first kappa shape index (κ1) is 16.0. The molecule has 2 rings (SSSR count). The average Bonchev–Trinajstić information content (AvgIpc) is 2.52. The second-order valence-corrected chi connectivity index (χ2v) is 10.2. The molecule has 21 heavy (non-hydrogen) atoms. The van der Waals surface area contributed by atoms with Gasteiger partial charge in [-0.25, -0.2) is 0 Å². The predicted molar refractivity (Wildman–Crippen MR) is 97.4 cm³/mol. The lowest BCUT2D eigenvalue weighted by Gasteiger charge is -2.36. The van der Waals surface area contributed by atoms with E-state index in [-0.39, 0.29) is 6.04 Å². The maximum Gasteiger partial charge on any atom is 0.109 e. The summed E-state index contributed by atoms with van der Waals surface area (Å²) in [6.45, 7) is 14.9. The molecule has 2 heteroatoms. The Balaban J connectivity index is 2.42. The van der Waals surface area contributed by atoms with Crippen LogP contribution in [-0.2, 0) is 6.42 Å². The molecule has 1 aromatic carbocycles. The molecule has 1 heterocycles. The summed E-state index contributed by atoms with van der Waals surface area (Å²) in [5, 5.41) is 5.20. The third-order valence-electron chi connectivity index (χ3n) is 4.64. The van der Waals surface area contributed by atoms with E-state index in [2.05, 4.69) is 69.3 Å². The lowest BCUT2D eigenvalue weighted by molar-refractivity contribution is 0.704. The lowest BCUT2D eigenvalue weighted by atomic mass is 9.97. The minimum atomic E-state index is -0.929. The molecule has 0 aromatic heterocycles. The summed E-state index contributed by atoms with van der Waals surface area (Å²) in [5.41, 5.74) is 3.72. The number of rotatable bonds is 7. The van der Waals surface area contributed by atoms with E-state index in [1.54, 1.807) is 5.31 Å². The fraction of sp³-hybridized carbons (Fsp3) is 0.368. The van der Waals surface area contributed by atoms with Gasteiger partial charge in [-0.15, -0.1) is 0 Å². The highest BCUT2D eigenvalue weighted by atomic mass is 31.2. The molecule has 2 atom stereocenters. The van der Waals surface area contributed by atoms with Crippen molar-refractivity contribution >= 4 is 7.26 Å². The van der Waals surface area contributed by atoms with Crippen LogP contribution in [0.15, 0.2) is 60.6 Å².